The molecule has 4 rings (SSSR count). The number of hydrogen-bond donors (Lipinski definition) is 2. The quantitative estimate of drug-likeness (QED) is 0.390. The Morgan fingerprint density at radius 1 is 1.17 bits per heavy atom. The van der Waals surface area contributed by atoms with Gasteiger partial charge < -0.3 is 15.3 Å². The lowest BCUT2D eigenvalue weighted by atomic mass is 10.1. The number of nitrogens with zero attached hydrogens (tertiary/aromatic N) is 5. The first kappa shape index (κ1) is 27.0. The standard InChI is InChI=1S/C21H23ClN6O.C2HF3O2/c1-2-3-12-27-17-18(26-14-10-23-11-15-26)24-20(22)25-19(17)28(21(27)29)13-9-16-7-5-4-6-8-16;3-2(4,5)1(6)7/h4-8,23H,9-15H2,1H3;(H,6,7). The summed E-state index contributed by atoms with van der Waals surface area (Å²) in [5.74, 6) is 3.83. The summed E-state index contributed by atoms with van der Waals surface area (Å²) >= 11 is 6.28. The van der Waals surface area contributed by atoms with E-state index in [0.29, 0.717) is 30.1 Å². The molecule has 0 aliphatic carbocycles. The summed E-state index contributed by atoms with van der Waals surface area (Å²) in [6, 6.07) is 10.1. The lowest BCUT2D eigenvalue weighted by molar-refractivity contribution is -0.192. The van der Waals surface area contributed by atoms with E-state index in [-0.39, 0.29) is 11.0 Å². The van der Waals surface area contributed by atoms with Crippen molar-refractivity contribution in [3.8, 4) is 11.8 Å². The van der Waals surface area contributed by atoms with Crippen molar-refractivity contribution >= 4 is 34.6 Å². The molecule has 9 nitrogen and oxygen atoms in total. The molecule has 1 fully saturated rings. The molecular weight excluding hydrogens is 501 g/mol. The molecule has 2 aromatic heterocycles. The second kappa shape index (κ2) is 11.9. The van der Waals surface area contributed by atoms with E-state index in [1.807, 2.05) is 18.2 Å². The summed E-state index contributed by atoms with van der Waals surface area (Å²) in [6.45, 7) is 5.89. The second-order valence-corrected chi connectivity index (χ2v) is 8.05. The first-order valence-electron chi connectivity index (χ1n) is 11.0. The molecule has 0 saturated carbocycles. The van der Waals surface area contributed by atoms with Crippen LogP contribution >= 0.6 is 11.6 Å². The van der Waals surface area contributed by atoms with Gasteiger partial charge >= 0.3 is 17.8 Å². The largest absolute Gasteiger partial charge is 0.490 e. The van der Waals surface area contributed by atoms with Gasteiger partial charge in [0.1, 0.15) is 5.52 Å². The number of aliphatic carboxylic acids is 1. The number of nitrogens with one attached hydrogen (secondary N) is 1. The van der Waals surface area contributed by atoms with Gasteiger partial charge in [-0.05, 0) is 30.5 Å². The van der Waals surface area contributed by atoms with Crippen LogP contribution < -0.4 is 15.9 Å². The van der Waals surface area contributed by atoms with Gasteiger partial charge in [-0.1, -0.05) is 36.3 Å². The van der Waals surface area contributed by atoms with Crippen LogP contribution in [0.2, 0.25) is 5.28 Å². The van der Waals surface area contributed by atoms with E-state index in [1.165, 1.54) is 0 Å². The Labute approximate surface area is 209 Å². The number of carbonyl (C=O) groups is 1. The van der Waals surface area contributed by atoms with Crippen LogP contribution in [0, 0.1) is 11.8 Å². The van der Waals surface area contributed by atoms with Crippen molar-refractivity contribution in [2.24, 2.45) is 0 Å². The number of alkyl halides is 3. The van der Waals surface area contributed by atoms with Gasteiger partial charge in [0.2, 0.25) is 5.28 Å². The van der Waals surface area contributed by atoms with Crippen molar-refractivity contribution in [2.75, 3.05) is 31.1 Å². The molecule has 0 radical (unpaired) electrons. The van der Waals surface area contributed by atoms with Gasteiger partial charge in [0.05, 0.1) is 6.54 Å². The molecule has 0 bridgehead atoms. The van der Waals surface area contributed by atoms with Gasteiger partial charge in [0, 0.05) is 32.7 Å². The summed E-state index contributed by atoms with van der Waals surface area (Å²) < 4.78 is 35.1. The summed E-state index contributed by atoms with van der Waals surface area (Å²) in [5.41, 5.74) is 2.30. The van der Waals surface area contributed by atoms with Crippen LogP contribution in [0.5, 0.6) is 0 Å². The normalized spacial score (nSPS) is 13.5. The van der Waals surface area contributed by atoms with Crippen LogP contribution in [-0.2, 0) is 24.3 Å². The highest BCUT2D eigenvalue weighted by Crippen LogP contribution is 2.26. The van der Waals surface area contributed by atoms with Crippen molar-refractivity contribution in [3.63, 3.8) is 0 Å². The SMILES string of the molecule is CC#CCn1c(=O)n(CCc2ccccc2)c2nc(Cl)nc(N3CCNCC3)c21.O=C(O)C(F)(F)F. The first-order chi connectivity index (χ1) is 17.1. The fourth-order valence-electron chi connectivity index (χ4n) is 3.66. The van der Waals surface area contributed by atoms with E-state index in [0.717, 1.165) is 38.2 Å². The second-order valence-electron chi connectivity index (χ2n) is 7.71. The number of rotatable bonds is 5. The first-order valence-corrected chi connectivity index (χ1v) is 11.4. The lowest BCUT2D eigenvalue weighted by Gasteiger charge is -2.28. The number of aryl methyl sites for hydroxylation is 2. The van der Waals surface area contributed by atoms with Crippen LogP contribution in [-0.4, -0.2) is 62.5 Å². The third kappa shape index (κ3) is 6.56. The van der Waals surface area contributed by atoms with Crippen molar-refractivity contribution < 1.29 is 23.1 Å². The summed E-state index contributed by atoms with van der Waals surface area (Å²) in [4.78, 5) is 33.3. The number of benzene rings is 1. The zero-order valence-corrected chi connectivity index (χ0v) is 20.1. The van der Waals surface area contributed by atoms with E-state index in [9.17, 15) is 18.0 Å². The number of piperazine rings is 1. The minimum absolute atomic E-state index is 0.133. The van der Waals surface area contributed by atoms with E-state index < -0.39 is 12.1 Å². The summed E-state index contributed by atoms with van der Waals surface area (Å²) in [5, 5.41) is 10.6. The van der Waals surface area contributed by atoms with Gasteiger partial charge in [-0.3, -0.25) is 9.13 Å². The average Bonchev–Trinajstić information content (AvgIpc) is 3.12. The molecule has 1 aromatic carbocycles. The molecule has 0 atom stereocenters. The summed E-state index contributed by atoms with van der Waals surface area (Å²) in [6.07, 6.45) is -4.36. The van der Waals surface area contributed by atoms with Gasteiger partial charge in [-0.2, -0.15) is 23.1 Å². The molecule has 3 heterocycles. The zero-order chi connectivity index (χ0) is 26.3. The Balaban J connectivity index is 0.000000454. The molecule has 13 heteroatoms. The Bertz CT molecular complexity index is 1320. The minimum Gasteiger partial charge on any atom is -0.475 e. The Morgan fingerprint density at radius 3 is 2.39 bits per heavy atom. The average molecular weight is 525 g/mol. The third-order valence-electron chi connectivity index (χ3n) is 5.35. The molecular formula is C23H24ClF3N6O3. The van der Waals surface area contributed by atoms with Gasteiger partial charge in [0.25, 0.3) is 0 Å². The van der Waals surface area contributed by atoms with Crippen molar-refractivity contribution in [3.05, 3.63) is 51.7 Å². The van der Waals surface area contributed by atoms with E-state index in [4.69, 9.17) is 21.5 Å². The number of fused-ring (bicyclic) bond motifs is 1. The number of aromatic nitrogens is 4. The molecule has 1 saturated heterocycles. The van der Waals surface area contributed by atoms with Crippen LogP contribution in [0.15, 0.2) is 35.1 Å². The number of carboxylic acids is 1. The fourth-order valence-corrected chi connectivity index (χ4v) is 3.82. The molecule has 2 N–H and O–H groups in total. The monoisotopic (exact) mass is 524 g/mol. The van der Waals surface area contributed by atoms with Crippen LogP contribution in [0.1, 0.15) is 12.5 Å². The molecule has 1 aliphatic rings. The third-order valence-corrected chi connectivity index (χ3v) is 5.52. The Morgan fingerprint density at radius 2 is 1.81 bits per heavy atom. The number of anilines is 1. The lowest BCUT2D eigenvalue weighted by Crippen LogP contribution is -2.44. The predicted molar refractivity (Wildman–Crippen MR) is 129 cm³/mol. The summed E-state index contributed by atoms with van der Waals surface area (Å²) in [7, 11) is 0. The highest BCUT2D eigenvalue weighted by molar-refractivity contribution is 6.28. The van der Waals surface area contributed by atoms with Crippen molar-refractivity contribution in [1.82, 2.24) is 24.4 Å². The number of hydrogen-bond acceptors (Lipinski definition) is 6. The van der Waals surface area contributed by atoms with Crippen LogP contribution in [0.25, 0.3) is 11.2 Å². The smallest absolute Gasteiger partial charge is 0.475 e. The molecule has 3 aromatic rings. The highest BCUT2D eigenvalue weighted by Gasteiger charge is 2.38. The maximum atomic E-state index is 13.3. The van der Waals surface area contributed by atoms with Gasteiger partial charge in [-0.15, -0.1) is 5.92 Å². The Hall–Kier alpha value is -3.56. The number of carboxylic acid groups (broad SMARTS) is 1. The van der Waals surface area contributed by atoms with E-state index in [1.54, 1.807) is 16.1 Å². The molecule has 0 amide bonds. The minimum atomic E-state index is -5.08. The van der Waals surface area contributed by atoms with E-state index in [2.05, 4.69) is 44.2 Å². The molecule has 1 aliphatic heterocycles. The number of imidazole rings is 1. The number of halogens is 4. The van der Waals surface area contributed by atoms with Crippen molar-refractivity contribution in [1.29, 1.82) is 0 Å². The Kier molecular flexibility index (Phi) is 8.95. The highest BCUT2D eigenvalue weighted by atomic mass is 35.5. The van der Waals surface area contributed by atoms with Crippen LogP contribution in [0.3, 0.4) is 0 Å². The molecule has 36 heavy (non-hydrogen) atoms. The van der Waals surface area contributed by atoms with E-state index >= 15 is 0 Å². The van der Waals surface area contributed by atoms with Crippen molar-refractivity contribution in [2.45, 2.75) is 32.6 Å². The van der Waals surface area contributed by atoms with Crippen LogP contribution in [0.4, 0.5) is 19.0 Å². The van der Waals surface area contributed by atoms with Gasteiger partial charge in [-0.25, -0.2) is 9.59 Å². The molecule has 192 valence electrons. The maximum absolute atomic E-state index is 13.3. The molecule has 0 spiro atoms. The topological polar surface area (TPSA) is 105 Å². The fraction of sp³-hybridized carbons (Fsp3) is 0.391. The zero-order valence-electron chi connectivity index (χ0n) is 19.3. The molecule has 0 unspecified atom stereocenters. The maximum Gasteiger partial charge on any atom is 0.490 e. The predicted octanol–water partition coefficient (Wildman–Crippen LogP) is 2.56. The van der Waals surface area contributed by atoms with Gasteiger partial charge in [0.15, 0.2) is 11.5 Å².